The Morgan fingerprint density at radius 1 is 1.09 bits per heavy atom. The predicted octanol–water partition coefficient (Wildman–Crippen LogP) is 4.06. The van der Waals surface area contributed by atoms with E-state index >= 15 is 0 Å². The minimum absolute atomic E-state index is 0.0604. The van der Waals surface area contributed by atoms with Crippen molar-refractivity contribution in [2.24, 2.45) is 10.9 Å². The van der Waals surface area contributed by atoms with Gasteiger partial charge >= 0.3 is 5.97 Å². The third-order valence-electron chi connectivity index (χ3n) is 5.42. The number of carbonyl (C=O) groups excluding carboxylic acids is 1. The second kappa shape index (κ2) is 9.44. The van der Waals surface area contributed by atoms with Crippen LogP contribution in [0.25, 0.3) is 22.2 Å². The molecule has 0 radical (unpaired) electrons. The maximum absolute atomic E-state index is 12.4. The molecular formula is C25H25N5O3. The standard InChI is InChI=1S/C25H25N5O3/c1-3-27-25-28-21-10-6-9-20(24(31)33-2)22(21)30(25)15-16-11-13-17(14-12-16)18-7-4-5-8-19(18)23(26)29-32/h4-14,32H,3,15H2,1-2H3,(H2,26,29)(H,27,28). The Morgan fingerprint density at radius 3 is 2.52 bits per heavy atom. The number of esters is 1. The van der Waals surface area contributed by atoms with Crippen molar-refractivity contribution in [3.8, 4) is 11.1 Å². The number of methoxy groups -OCH3 is 1. The van der Waals surface area contributed by atoms with Crippen LogP contribution in [0.1, 0.15) is 28.4 Å². The Morgan fingerprint density at radius 2 is 1.82 bits per heavy atom. The summed E-state index contributed by atoms with van der Waals surface area (Å²) in [5.74, 6) is 0.343. The van der Waals surface area contributed by atoms with Crippen molar-refractivity contribution < 1.29 is 14.7 Å². The zero-order valence-electron chi connectivity index (χ0n) is 18.4. The molecule has 33 heavy (non-hydrogen) atoms. The Kier molecular flexibility index (Phi) is 6.26. The first-order valence-electron chi connectivity index (χ1n) is 10.5. The van der Waals surface area contributed by atoms with Crippen molar-refractivity contribution in [1.29, 1.82) is 0 Å². The largest absolute Gasteiger partial charge is 0.465 e. The maximum atomic E-state index is 12.4. The first-order valence-corrected chi connectivity index (χ1v) is 10.5. The van der Waals surface area contributed by atoms with Gasteiger partial charge in [0.1, 0.15) is 0 Å². The van der Waals surface area contributed by atoms with E-state index in [-0.39, 0.29) is 5.84 Å². The molecule has 3 aromatic carbocycles. The van der Waals surface area contributed by atoms with Gasteiger partial charge in [-0.05, 0) is 35.7 Å². The van der Waals surface area contributed by atoms with Crippen molar-refractivity contribution in [2.75, 3.05) is 19.0 Å². The van der Waals surface area contributed by atoms with E-state index in [2.05, 4.69) is 15.5 Å². The van der Waals surface area contributed by atoms with Crippen LogP contribution < -0.4 is 11.1 Å². The van der Waals surface area contributed by atoms with E-state index < -0.39 is 5.97 Å². The average Bonchev–Trinajstić information content (AvgIpc) is 3.20. The minimum atomic E-state index is -0.403. The van der Waals surface area contributed by atoms with Gasteiger partial charge < -0.3 is 25.6 Å². The van der Waals surface area contributed by atoms with Crippen molar-refractivity contribution in [3.63, 3.8) is 0 Å². The lowest BCUT2D eigenvalue weighted by molar-refractivity contribution is 0.0602. The summed E-state index contributed by atoms with van der Waals surface area (Å²) in [4.78, 5) is 17.1. The van der Waals surface area contributed by atoms with Crippen molar-refractivity contribution in [1.82, 2.24) is 9.55 Å². The number of fused-ring (bicyclic) bond motifs is 1. The number of carbonyl (C=O) groups is 1. The number of aromatic nitrogens is 2. The third-order valence-corrected chi connectivity index (χ3v) is 5.42. The second-order valence-corrected chi connectivity index (χ2v) is 7.44. The van der Waals surface area contributed by atoms with Gasteiger partial charge in [-0.25, -0.2) is 9.78 Å². The lowest BCUT2D eigenvalue weighted by Gasteiger charge is -2.13. The van der Waals surface area contributed by atoms with E-state index in [0.29, 0.717) is 30.2 Å². The average molecular weight is 444 g/mol. The number of imidazole rings is 1. The molecule has 8 heteroatoms. The number of nitrogens with one attached hydrogen (secondary N) is 1. The van der Waals surface area contributed by atoms with E-state index in [4.69, 9.17) is 15.7 Å². The summed E-state index contributed by atoms with van der Waals surface area (Å²) in [7, 11) is 1.37. The lowest BCUT2D eigenvalue weighted by Crippen LogP contribution is -2.14. The van der Waals surface area contributed by atoms with Gasteiger partial charge in [0.05, 0.1) is 30.3 Å². The number of ether oxygens (including phenoxy) is 1. The highest BCUT2D eigenvalue weighted by atomic mass is 16.5. The first kappa shape index (κ1) is 21.9. The molecule has 0 aliphatic heterocycles. The number of oxime groups is 1. The molecule has 1 heterocycles. The smallest absolute Gasteiger partial charge is 0.340 e. The number of benzene rings is 3. The Hall–Kier alpha value is -4.33. The number of hydrogen-bond donors (Lipinski definition) is 3. The van der Waals surface area contributed by atoms with Crippen molar-refractivity contribution in [2.45, 2.75) is 13.5 Å². The zero-order valence-corrected chi connectivity index (χ0v) is 18.4. The highest BCUT2D eigenvalue weighted by Crippen LogP contribution is 2.27. The summed E-state index contributed by atoms with van der Waals surface area (Å²) in [5, 5.41) is 15.5. The number of nitrogens with two attached hydrogens (primary N) is 1. The molecule has 0 bridgehead atoms. The van der Waals surface area contributed by atoms with Crippen LogP contribution in [0.3, 0.4) is 0 Å². The Labute approximate surface area is 191 Å². The third kappa shape index (κ3) is 4.23. The summed E-state index contributed by atoms with van der Waals surface area (Å²) >= 11 is 0. The van der Waals surface area contributed by atoms with Crippen molar-refractivity contribution >= 4 is 28.8 Å². The molecule has 1 aromatic heterocycles. The Bertz CT molecular complexity index is 1330. The first-order chi connectivity index (χ1) is 16.1. The monoisotopic (exact) mass is 443 g/mol. The maximum Gasteiger partial charge on any atom is 0.340 e. The fraction of sp³-hybridized carbons (Fsp3) is 0.160. The fourth-order valence-corrected chi connectivity index (χ4v) is 3.89. The van der Waals surface area contributed by atoms with Crippen LogP contribution in [0.4, 0.5) is 5.95 Å². The zero-order chi connectivity index (χ0) is 23.4. The van der Waals surface area contributed by atoms with E-state index in [0.717, 1.165) is 27.7 Å². The van der Waals surface area contributed by atoms with Gasteiger partial charge in [0.2, 0.25) is 5.95 Å². The summed E-state index contributed by atoms with van der Waals surface area (Å²) in [5.41, 5.74) is 11.3. The number of hydrogen-bond acceptors (Lipinski definition) is 6. The number of nitrogens with zero attached hydrogens (tertiary/aromatic N) is 3. The molecule has 0 aliphatic rings. The lowest BCUT2D eigenvalue weighted by atomic mass is 9.98. The predicted molar refractivity (Wildman–Crippen MR) is 129 cm³/mol. The van der Waals surface area contributed by atoms with Crippen LogP contribution in [-0.2, 0) is 11.3 Å². The second-order valence-electron chi connectivity index (χ2n) is 7.44. The Balaban J connectivity index is 1.74. The summed E-state index contributed by atoms with van der Waals surface area (Å²) in [6.07, 6.45) is 0. The number of para-hydroxylation sites is 1. The molecule has 168 valence electrons. The van der Waals surface area contributed by atoms with Crippen LogP contribution in [0.15, 0.2) is 71.9 Å². The summed E-state index contributed by atoms with van der Waals surface area (Å²) < 4.78 is 6.98. The molecule has 0 spiro atoms. The van der Waals surface area contributed by atoms with Crippen LogP contribution >= 0.6 is 0 Å². The molecule has 0 fully saturated rings. The van der Waals surface area contributed by atoms with Crippen LogP contribution in [0.2, 0.25) is 0 Å². The number of rotatable bonds is 7. The van der Waals surface area contributed by atoms with Gasteiger partial charge in [0, 0.05) is 12.1 Å². The molecule has 0 atom stereocenters. The molecule has 0 saturated carbocycles. The molecular weight excluding hydrogens is 418 g/mol. The fourth-order valence-electron chi connectivity index (χ4n) is 3.89. The molecule has 4 N–H and O–H groups in total. The normalized spacial score (nSPS) is 11.5. The molecule has 0 amide bonds. The molecule has 4 rings (SSSR count). The highest BCUT2D eigenvalue weighted by molar-refractivity contribution is 6.03. The van der Waals surface area contributed by atoms with Gasteiger partial charge in [-0.1, -0.05) is 59.8 Å². The summed E-state index contributed by atoms with van der Waals surface area (Å²) in [6.45, 7) is 3.20. The number of amidine groups is 1. The molecule has 0 unspecified atom stereocenters. The van der Waals surface area contributed by atoms with Gasteiger partial charge in [-0.2, -0.15) is 0 Å². The molecule has 0 saturated heterocycles. The molecule has 0 aliphatic carbocycles. The quantitative estimate of drug-likeness (QED) is 0.130. The number of anilines is 1. The van der Waals surface area contributed by atoms with E-state index in [9.17, 15) is 4.79 Å². The van der Waals surface area contributed by atoms with Gasteiger partial charge in [0.25, 0.3) is 0 Å². The van der Waals surface area contributed by atoms with Crippen molar-refractivity contribution in [3.05, 3.63) is 83.4 Å². The molecule has 8 nitrogen and oxygen atoms in total. The van der Waals surface area contributed by atoms with Crippen LogP contribution in [0.5, 0.6) is 0 Å². The molecule has 4 aromatic rings. The van der Waals surface area contributed by atoms with Gasteiger partial charge in [0.15, 0.2) is 5.84 Å². The topological polar surface area (TPSA) is 115 Å². The minimum Gasteiger partial charge on any atom is -0.465 e. The van der Waals surface area contributed by atoms with Gasteiger partial charge in [-0.3, -0.25) is 0 Å². The van der Waals surface area contributed by atoms with Crippen LogP contribution in [-0.4, -0.2) is 40.2 Å². The van der Waals surface area contributed by atoms with Gasteiger partial charge in [-0.15, -0.1) is 0 Å². The van der Waals surface area contributed by atoms with E-state index in [1.165, 1.54) is 7.11 Å². The van der Waals surface area contributed by atoms with Crippen LogP contribution in [0, 0.1) is 0 Å². The highest BCUT2D eigenvalue weighted by Gasteiger charge is 2.19. The van der Waals surface area contributed by atoms with E-state index in [1.54, 1.807) is 12.1 Å². The SMILES string of the molecule is CCNc1nc2cccc(C(=O)OC)c2n1Cc1ccc(-c2ccccc2/C(N)=N\O)cc1. The van der Waals surface area contributed by atoms with E-state index in [1.807, 2.05) is 66.1 Å². The summed E-state index contributed by atoms with van der Waals surface area (Å²) in [6, 6.07) is 20.9.